The maximum absolute atomic E-state index is 12.8. The summed E-state index contributed by atoms with van der Waals surface area (Å²) < 4.78 is 11.7. The average Bonchev–Trinajstić information content (AvgIpc) is 2.99. The van der Waals surface area contributed by atoms with Crippen LogP contribution in [0.4, 0.5) is 0 Å². The van der Waals surface area contributed by atoms with Crippen LogP contribution in [0.1, 0.15) is 27.0 Å². The lowest BCUT2D eigenvalue weighted by atomic mass is 10.0. The van der Waals surface area contributed by atoms with Gasteiger partial charge >= 0.3 is 0 Å². The molecule has 6 heteroatoms. The van der Waals surface area contributed by atoms with Crippen LogP contribution in [0.3, 0.4) is 0 Å². The Labute approximate surface area is 183 Å². The molecule has 0 bridgehead atoms. The predicted octanol–water partition coefficient (Wildman–Crippen LogP) is 7.15. The fourth-order valence-electron chi connectivity index (χ4n) is 3.10. The van der Waals surface area contributed by atoms with Crippen molar-refractivity contribution in [2.24, 2.45) is 0 Å². The predicted molar refractivity (Wildman–Crippen MR) is 116 cm³/mol. The van der Waals surface area contributed by atoms with E-state index in [1.54, 1.807) is 30.3 Å². The number of allylic oxidation sites excluding steroid dienone is 1. The standard InChI is InChI=1S/C23H15Cl3O3/c1-13-8-17(28-12-15-4-2-3-5-18(15)25)11-20-22(13)23(27)21(29-20)9-14-6-7-16(24)10-19(14)26/h2-11H,12H2,1H3/b21-9-. The average molecular weight is 446 g/mol. The van der Waals surface area contributed by atoms with Gasteiger partial charge in [-0.3, -0.25) is 4.79 Å². The molecule has 0 aromatic heterocycles. The van der Waals surface area contributed by atoms with E-state index in [0.717, 1.165) is 11.1 Å². The molecule has 0 fully saturated rings. The van der Waals surface area contributed by atoms with E-state index in [2.05, 4.69) is 0 Å². The van der Waals surface area contributed by atoms with Gasteiger partial charge in [0.1, 0.15) is 18.1 Å². The highest BCUT2D eigenvalue weighted by atomic mass is 35.5. The van der Waals surface area contributed by atoms with E-state index in [4.69, 9.17) is 44.3 Å². The van der Waals surface area contributed by atoms with Gasteiger partial charge in [-0.2, -0.15) is 0 Å². The summed E-state index contributed by atoms with van der Waals surface area (Å²) in [6.45, 7) is 2.16. The van der Waals surface area contributed by atoms with E-state index in [9.17, 15) is 4.79 Å². The summed E-state index contributed by atoms with van der Waals surface area (Å²) in [5, 5.41) is 1.61. The fraction of sp³-hybridized carbons (Fsp3) is 0.0870. The number of hydrogen-bond donors (Lipinski definition) is 0. The van der Waals surface area contributed by atoms with Crippen molar-refractivity contribution in [1.82, 2.24) is 0 Å². The molecule has 1 aliphatic rings. The van der Waals surface area contributed by atoms with Crippen LogP contribution in [0.15, 0.2) is 60.4 Å². The Hall–Kier alpha value is -2.46. The number of ketones is 1. The van der Waals surface area contributed by atoms with E-state index in [0.29, 0.717) is 44.3 Å². The second-order valence-corrected chi connectivity index (χ2v) is 7.85. The van der Waals surface area contributed by atoms with Gasteiger partial charge in [-0.15, -0.1) is 0 Å². The number of benzene rings is 3. The van der Waals surface area contributed by atoms with E-state index < -0.39 is 0 Å². The summed E-state index contributed by atoms with van der Waals surface area (Å²) in [6, 6.07) is 16.1. The van der Waals surface area contributed by atoms with Gasteiger partial charge in [0.15, 0.2) is 5.76 Å². The number of rotatable bonds is 4. The van der Waals surface area contributed by atoms with Crippen LogP contribution >= 0.6 is 34.8 Å². The summed E-state index contributed by atoms with van der Waals surface area (Å²) in [6.07, 6.45) is 1.62. The third kappa shape index (κ3) is 4.13. The Morgan fingerprint density at radius 1 is 1.00 bits per heavy atom. The van der Waals surface area contributed by atoms with E-state index >= 15 is 0 Å². The van der Waals surface area contributed by atoms with Gasteiger partial charge in [0.2, 0.25) is 5.78 Å². The fourth-order valence-corrected chi connectivity index (χ4v) is 3.75. The first-order valence-corrected chi connectivity index (χ1v) is 9.96. The summed E-state index contributed by atoms with van der Waals surface area (Å²) >= 11 is 18.3. The van der Waals surface area contributed by atoms with E-state index in [1.165, 1.54) is 0 Å². The molecule has 3 nitrogen and oxygen atoms in total. The molecule has 4 rings (SSSR count). The molecule has 0 radical (unpaired) electrons. The van der Waals surface area contributed by atoms with Crippen molar-refractivity contribution in [3.8, 4) is 11.5 Å². The van der Waals surface area contributed by atoms with Gasteiger partial charge in [-0.25, -0.2) is 0 Å². The molecule has 0 saturated heterocycles. The number of aryl methyl sites for hydroxylation is 1. The normalized spacial score (nSPS) is 14.1. The Kier molecular flexibility index (Phi) is 5.55. The molecule has 3 aromatic rings. The van der Waals surface area contributed by atoms with Gasteiger partial charge in [0.05, 0.1) is 5.56 Å². The lowest BCUT2D eigenvalue weighted by molar-refractivity contribution is 0.101. The number of fused-ring (bicyclic) bond motifs is 1. The number of hydrogen-bond acceptors (Lipinski definition) is 3. The molecule has 0 saturated carbocycles. The van der Waals surface area contributed by atoms with Crippen LogP contribution in [0.25, 0.3) is 6.08 Å². The van der Waals surface area contributed by atoms with Crippen molar-refractivity contribution in [1.29, 1.82) is 0 Å². The van der Waals surface area contributed by atoms with Crippen molar-refractivity contribution in [2.75, 3.05) is 0 Å². The van der Waals surface area contributed by atoms with Gasteiger partial charge < -0.3 is 9.47 Å². The molecule has 3 aromatic carbocycles. The maximum Gasteiger partial charge on any atom is 0.232 e. The van der Waals surface area contributed by atoms with Crippen LogP contribution in [-0.2, 0) is 6.61 Å². The highest BCUT2D eigenvalue weighted by Gasteiger charge is 2.30. The van der Waals surface area contributed by atoms with Crippen molar-refractivity contribution in [3.63, 3.8) is 0 Å². The second kappa shape index (κ2) is 8.11. The maximum atomic E-state index is 12.8. The Bertz CT molecular complexity index is 1150. The van der Waals surface area contributed by atoms with Gasteiger partial charge in [-0.05, 0) is 48.4 Å². The molecule has 0 spiro atoms. The van der Waals surface area contributed by atoms with Gasteiger partial charge in [-0.1, -0.05) is 59.1 Å². The molecule has 0 unspecified atom stereocenters. The molecule has 29 heavy (non-hydrogen) atoms. The van der Waals surface area contributed by atoms with Crippen LogP contribution in [0, 0.1) is 6.92 Å². The first kappa shape index (κ1) is 19.8. The zero-order valence-corrected chi connectivity index (χ0v) is 17.6. The molecule has 0 aliphatic carbocycles. The quantitative estimate of drug-likeness (QED) is 0.400. The molecule has 0 amide bonds. The Morgan fingerprint density at radius 3 is 2.55 bits per heavy atom. The van der Waals surface area contributed by atoms with Gasteiger partial charge in [0.25, 0.3) is 0 Å². The highest BCUT2D eigenvalue weighted by molar-refractivity contribution is 6.35. The summed E-state index contributed by atoms with van der Waals surface area (Å²) in [5.74, 6) is 1.07. The highest BCUT2D eigenvalue weighted by Crippen LogP contribution is 2.38. The van der Waals surface area contributed by atoms with Gasteiger partial charge in [0, 0.05) is 26.7 Å². The first-order valence-electron chi connectivity index (χ1n) is 8.82. The molecule has 0 N–H and O–H groups in total. The molecular formula is C23H15Cl3O3. The van der Waals surface area contributed by atoms with E-state index in [1.807, 2.05) is 37.3 Å². The zero-order valence-electron chi connectivity index (χ0n) is 15.3. The van der Waals surface area contributed by atoms with Crippen molar-refractivity contribution >= 4 is 46.7 Å². The number of ether oxygens (including phenoxy) is 2. The van der Waals surface area contributed by atoms with Crippen LogP contribution in [0.5, 0.6) is 11.5 Å². The number of carbonyl (C=O) groups excluding carboxylic acids is 1. The summed E-state index contributed by atoms with van der Waals surface area (Å²) in [4.78, 5) is 12.8. The van der Waals surface area contributed by atoms with Crippen LogP contribution in [0.2, 0.25) is 15.1 Å². The minimum Gasteiger partial charge on any atom is -0.489 e. The Morgan fingerprint density at radius 2 is 1.79 bits per heavy atom. The number of carbonyl (C=O) groups is 1. The summed E-state index contributed by atoms with van der Waals surface area (Å²) in [5.41, 5.74) is 2.82. The van der Waals surface area contributed by atoms with Crippen LogP contribution in [-0.4, -0.2) is 5.78 Å². The topological polar surface area (TPSA) is 35.5 Å². The first-order chi connectivity index (χ1) is 13.9. The van der Waals surface area contributed by atoms with Crippen LogP contribution < -0.4 is 9.47 Å². The largest absolute Gasteiger partial charge is 0.489 e. The third-order valence-electron chi connectivity index (χ3n) is 4.54. The van der Waals surface area contributed by atoms with E-state index in [-0.39, 0.29) is 11.5 Å². The number of Topliss-reactive ketones (excluding diaryl/α,β-unsaturated/α-hetero) is 1. The van der Waals surface area contributed by atoms with Crippen molar-refractivity contribution < 1.29 is 14.3 Å². The number of halogens is 3. The third-order valence-corrected chi connectivity index (χ3v) is 5.48. The minimum absolute atomic E-state index is 0.193. The smallest absolute Gasteiger partial charge is 0.232 e. The molecule has 1 aliphatic heterocycles. The molecule has 0 atom stereocenters. The molecule has 1 heterocycles. The second-order valence-electron chi connectivity index (χ2n) is 6.60. The van der Waals surface area contributed by atoms with Crippen molar-refractivity contribution in [2.45, 2.75) is 13.5 Å². The molecule has 146 valence electrons. The Balaban J connectivity index is 1.59. The lowest BCUT2D eigenvalue weighted by Gasteiger charge is -2.10. The minimum atomic E-state index is -0.193. The summed E-state index contributed by atoms with van der Waals surface area (Å²) in [7, 11) is 0. The zero-order chi connectivity index (χ0) is 20.5. The lowest BCUT2D eigenvalue weighted by Crippen LogP contribution is -2.00. The monoisotopic (exact) mass is 444 g/mol. The van der Waals surface area contributed by atoms with Crippen molar-refractivity contribution in [3.05, 3.63) is 97.7 Å². The SMILES string of the molecule is Cc1cc(OCc2ccccc2Cl)cc2c1C(=O)/C(=C/c1ccc(Cl)cc1Cl)O2. The molecular weight excluding hydrogens is 431 g/mol.